The number of carbonyl (C=O) groups excluding carboxylic acids is 2. The van der Waals surface area contributed by atoms with Crippen LogP contribution in [-0.2, 0) is 14.4 Å². The number of rotatable bonds is 5. The van der Waals surface area contributed by atoms with Crippen molar-refractivity contribution in [2.75, 3.05) is 13.2 Å². The van der Waals surface area contributed by atoms with Crippen molar-refractivity contribution < 1.29 is 14.4 Å². The molecule has 0 aromatic carbocycles. The summed E-state index contributed by atoms with van der Waals surface area (Å²) in [5, 5.41) is 3.81. The summed E-state index contributed by atoms with van der Waals surface area (Å²) in [5.41, 5.74) is 0. The first-order valence-electron chi connectivity index (χ1n) is 5.46. The molecular weight excluding hydrogens is 208 g/mol. The molecule has 0 aromatic rings. The maximum absolute atomic E-state index is 11.1. The summed E-state index contributed by atoms with van der Waals surface area (Å²) in [4.78, 5) is 28.4. The zero-order chi connectivity index (χ0) is 11.4. The Morgan fingerprint density at radius 2 is 2.06 bits per heavy atom. The maximum atomic E-state index is 11.1. The molecule has 5 heteroatoms. The highest BCUT2D eigenvalue weighted by atomic mass is 16.6. The van der Waals surface area contributed by atoms with Gasteiger partial charge in [0.2, 0.25) is 0 Å². The molecule has 0 unspecified atom stereocenters. The van der Waals surface area contributed by atoms with Crippen molar-refractivity contribution in [3.8, 4) is 0 Å². The van der Waals surface area contributed by atoms with Gasteiger partial charge in [-0.3, -0.25) is 14.5 Å². The first kappa shape index (κ1) is 10.9. The number of imide groups is 1. The van der Waals surface area contributed by atoms with Gasteiger partial charge in [0.25, 0.3) is 11.8 Å². The Kier molecular flexibility index (Phi) is 3.34. The predicted octanol–water partition coefficient (Wildman–Crippen LogP) is 0.714. The topological polar surface area (TPSA) is 59.0 Å². The van der Waals surface area contributed by atoms with Crippen molar-refractivity contribution in [3.05, 3.63) is 12.2 Å². The highest BCUT2D eigenvalue weighted by Gasteiger charge is 2.22. The Bertz CT molecular complexity index is 327. The van der Waals surface area contributed by atoms with Gasteiger partial charge in [0, 0.05) is 18.4 Å². The van der Waals surface area contributed by atoms with Gasteiger partial charge in [0.15, 0.2) is 0 Å². The van der Waals surface area contributed by atoms with Crippen molar-refractivity contribution in [2.45, 2.75) is 19.3 Å². The molecular formula is C11H14N2O3. The minimum atomic E-state index is -0.281. The minimum absolute atomic E-state index is 0.252. The van der Waals surface area contributed by atoms with Gasteiger partial charge in [0.1, 0.15) is 6.61 Å². The van der Waals surface area contributed by atoms with Gasteiger partial charge in [-0.1, -0.05) is 11.6 Å². The summed E-state index contributed by atoms with van der Waals surface area (Å²) in [6, 6.07) is 0. The normalized spacial score (nSPS) is 20.9. The fraction of sp³-hybridized carbons (Fsp3) is 0.545. The van der Waals surface area contributed by atoms with Crippen LogP contribution < -0.4 is 0 Å². The summed E-state index contributed by atoms with van der Waals surface area (Å²) in [5.74, 6) is -0.00939. The van der Waals surface area contributed by atoms with E-state index in [1.165, 1.54) is 31.4 Å². The van der Waals surface area contributed by atoms with Crippen LogP contribution in [0.2, 0.25) is 0 Å². The lowest BCUT2D eigenvalue weighted by molar-refractivity contribution is -0.137. The summed E-state index contributed by atoms with van der Waals surface area (Å²) < 4.78 is 0. The van der Waals surface area contributed by atoms with Crippen LogP contribution in [0.4, 0.5) is 0 Å². The lowest BCUT2D eigenvalue weighted by Gasteiger charge is -2.19. The molecule has 2 amide bonds. The molecule has 2 rings (SSSR count). The van der Waals surface area contributed by atoms with Gasteiger partial charge >= 0.3 is 0 Å². The number of nitrogens with zero attached hydrogens (tertiary/aromatic N) is 2. The van der Waals surface area contributed by atoms with Crippen LogP contribution in [0.25, 0.3) is 0 Å². The standard InChI is InChI=1S/C11H14N2O3/c14-10-4-5-11(15)13(10)6-7-16-12-8-9-2-1-3-9/h4-5,8-9H,1-3,6-7H2/b12-8+. The van der Waals surface area contributed by atoms with Gasteiger partial charge in [-0.15, -0.1) is 0 Å². The molecule has 0 N–H and O–H groups in total. The Balaban J connectivity index is 1.62. The van der Waals surface area contributed by atoms with E-state index >= 15 is 0 Å². The van der Waals surface area contributed by atoms with Crippen molar-refractivity contribution >= 4 is 18.0 Å². The van der Waals surface area contributed by atoms with E-state index < -0.39 is 0 Å². The lowest BCUT2D eigenvalue weighted by Crippen LogP contribution is -2.32. The van der Waals surface area contributed by atoms with Crippen molar-refractivity contribution in [2.24, 2.45) is 11.1 Å². The minimum Gasteiger partial charge on any atom is -0.394 e. The number of oxime groups is 1. The Morgan fingerprint density at radius 3 is 2.62 bits per heavy atom. The quantitative estimate of drug-likeness (QED) is 0.298. The van der Waals surface area contributed by atoms with Crippen molar-refractivity contribution in [1.29, 1.82) is 0 Å². The number of hydrogen-bond donors (Lipinski definition) is 0. The first-order valence-corrected chi connectivity index (χ1v) is 5.46. The predicted molar refractivity (Wildman–Crippen MR) is 57.6 cm³/mol. The number of hydrogen-bond acceptors (Lipinski definition) is 4. The summed E-state index contributed by atoms with van der Waals surface area (Å²) in [6.07, 6.45) is 7.95. The molecule has 0 radical (unpaired) electrons. The second-order valence-electron chi connectivity index (χ2n) is 3.94. The van der Waals surface area contributed by atoms with Crippen LogP contribution in [0.15, 0.2) is 17.3 Å². The van der Waals surface area contributed by atoms with Crippen LogP contribution in [-0.4, -0.2) is 36.1 Å². The molecule has 0 spiro atoms. The zero-order valence-electron chi connectivity index (χ0n) is 8.96. The smallest absolute Gasteiger partial charge is 0.253 e. The fourth-order valence-corrected chi connectivity index (χ4v) is 1.55. The molecule has 86 valence electrons. The van der Waals surface area contributed by atoms with E-state index in [1.807, 2.05) is 0 Å². The molecule has 1 aliphatic heterocycles. The number of carbonyl (C=O) groups is 2. The molecule has 0 atom stereocenters. The molecule has 1 fully saturated rings. The Labute approximate surface area is 93.7 Å². The van der Waals surface area contributed by atoms with Crippen LogP contribution in [0.3, 0.4) is 0 Å². The Morgan fingerprint density at radius 1 is 1.38 bits per heavy atom. The van der Waals surface area contributed by atoms with E-state index in [2.05, 4.69) is 5.16 Å². The highest BCUT2D eigenvalue weighted by molar-refractivity contribution is 6.12. The third kappa shape index (κ3) is 2.48. The lowest BCUT2D eigenvalue weighted by atomic mass is 9.87. The summed E-state index contributed by atoms with van der Waals surface area (Å²) >= 11 is 0. The molecule has 0 aromatic heterocycles. The van der Waals surface area contributed by atoms with Crippen LogP contribution in [0.1, 0.15) is 19.3 Å². The van der Waals surface area contributed by atoms with Crippen LogP contribution in [0, 0.1) is 5.92 Å². The fourth-order valence-electron chi connectivity index (χ4n) is 1.55. The van der Waals surface area contributed by atoms with E-state index in [-0.39, 0.29) is 25.0 Å². The SMILES string of the molecule is O=C1C=CC(=O)N1CCO/N=C/C1CCC1. The largest absolute Gasteiger partial charge is 0.394 e. The molecule has 16 heavy (non-hydrogen) atoms. The molecule has 1 aliphatic carbocycles. The second kappa shape index (κ2) is 4.92. The molecule has 1 saturated carbocycles. The third-order valence-corrected chi connectivity index (χ3v) is 2.80. The average Bonchev–Trinajstić information content (AvgIpc) is 2.51. The molecule has 2 aliphatic rings. The number of amides is 2. The Hall–Kier alpha value is -1.65. The molecule has 1 heterocycles. The van der Waals surface area contributed by atoms with E-state index in [0.29, 0.717) is 5.92 Å². The van der Waals surface area contributed by atoms with E-state index in [4.69, 9.17) is 4.84 Å². The second-order valence-corrected chi connectivity index (χ2v) is 3.94. The van der Waals surface area contributed by atoms with Crippen LogP contribution >= 0.6 is 0 Å². The van der Waals surface area contributed by atoms with Gasteiger partial charge < -0.3 is 4.84 Å². The maximum Gasteiger partial charge on any atom is 0.253 e. The first-order chi connectivity index (χ1) is 7.77. The molecule has 5 nitrogen and oxygen atoms in total. The van der Waals surface area contributed by atoms with Crippen molar-refractivity contribution in [1.82, 2.24) is 4.90 Å². The summed E-state index contributed by atoms with van der Waals surface area (Å²) in [7, 11) is 0. The highest BCUT2D eigenvalue weighted by Crippen LogP contribution is 2.23. The van der Waals surface area contributed by atoms with Gasteiger partial charge in [0.05, 0.1) is 6.54 Å². The summed E-state index contributed by atoms with van der Waals surface area (Å²) in [6.45, 7) is 0.509. The molecule has 0 saturated heterocycles. The van der Waals surface area contributed by atoms with Gasteiger partial charge in [-0.2, -0.15) is 0 Å². The van der Waals surface area contributed by atoms with Crippen LogP contribution in [0.5, 0.6) is 0 Å². The van der Waals surface area contributed by atoms with Gasteiger partial charge in [-0.25, -0.2) is 0 Å². The zero-order valence-corrected chi connectivity index (χ0v) is 8.96. The van der Waals surface area contributed by atoms with E-state index in [1.54, 1.807) is 6.21 Å². The van der Waals surface area contributed by atoms with E-state index in [9.17, 15) is 9.59 Å². The van der Waals surface area contributed by atoms with E-state index in [0.717, 1.165) is 4.90 Å². The molecule has 0 bridgehead atoms. The third-order valence-electron chi connectivity index (χ3n) is 2.80. The van der Waals surface area contributed by atoms with Crippen molar-refractivity contribution in [3.63, 3.8) is 0 Å². The van der Waals surface area contributed by atoms with Gasteiger partial charge in [-0.05, 0) is 18.8 Å². The monoisotopic (exact) mass is 222 g/mol. The average molecular weight is 222 g/mol.